The molecule has 2 heterocycles. The van der Waals surface area contributed by atoms with E-state index in [-0.39, 0.29) is 6.42 Å². The molecule has 8 nitrogen and oxygen atoms in total. The topological polar surface area (TPSA) is 90.8 Å². The zero-order chi connectivity index (χ0) is 24.8. The average Bonchev–Trinajstić information content (AvgIpc) is 3.21. The number of methoxy groups -OCH3 is 1. The highest BCUT2D eigenvalue weighted by molar-refractivity contribution is 5.69. The zero-order valence-electron chi connectivity index (χ0n) is 20.2. The van der Waals surface area contributed by atoms with Crippen molar-refractivity contribution in [2.45, 2.75) is 50.9 Å². The SMILES string of the molecule is [C-]#[N+]c1ccc(OC)c(C(CC(=O)O)Cc2cc(OCCc3ccc4c(n3)CCCC4)n(C)n2)c1. The number of hydrogen-bond donors (Lipinski definition) is 1. The maximum Gasteiger partial charge on any atom is 0.303 e. The van der Waals surface area contributed by atoms with E-state index in [0.29, 0.717) is 42.3 Å². The molecule has 2 aromatic heterocycles. The minimum Gasteiger partial charge on any atom is -0.497 e. The highest BCUT2D eigenvalue weighted by Gasteiger charge is 2.22. The smallest absolute Gasteiger partial charge is 0.303 e. The molecule has 1 aliphatic carbocycles. The van der Waals surface area contributed by atoms with Gasteiger partial charge in [0.15, 0.2) is 5.69 Å². The van der Waals surface area contributed by atoms with Gasteiger partial charge in [-0.25, -0.2) is 9.53 Å². The van der Waals surface area contributed by atoms with Crippen molar-refractivity contribution in [3.63, 3.8) is 0 Å². The van der Waals surface area contributed by atoms with E-state index in [2.05, 4.69) is 22.1 Å². The Labute approximate surface area is 205 Å². The third-order valence-corrected chi connectivity index (χ3v) is 6.39. The maximum atomic E-state index is 11.6. The number of pyridine rings is 1. The summed E-state index contributed by atoms with van der Waals surface area (Å²) in [5.74, 6) is -0.135. The Bertz CT molecular complexity index is 1240. The molecule has 182 valence electrons. The number of aromatic nitrogens is 3. The van der Waals surface area contributed by atoms with Crippen LogP contribution in [0.5, 0.6) is 11.6 Å². The second-order valence-corrected chi connectivity index (χ2v) is 8.85. The summed E-state index contributed by atoms with van der Waals surface area (Å²) in [6.07, 6.45) is 5.60. The lowest BCUT2D eigenvalue weighted by Gasteiger charge is -2.18. The molecule has 4 rings (SSSR count). The number of carbonyl (C=O) groups is 1. The van der Waals surface area contributed by atoms with Gasteiger partial charge in [-0.15, -0.1) is 0 Å². The fourth-order valence-corrected chi connectivity index (χ4v) is 4.63. The van der Waals surface area contributed by atoms with Gasteiger partial charge in [0.05, 0.1) is 32.4 Å². The second-order valence-electron chi connectivity index (χ2n) is 8.85. The van der Waals surface area contributed by atoms with E-state index in [1.165, 1.54) is 31.2 Å². The summed E-state index contributed by atoms with van der Waals surface area (Å²) in [4.78, 5) is 19.9. The summed E-state index contributed by atoms with van der Waals surface area (Å²) in [5.41, 5.74) is 5.47. The highest BCUT2D eigenvalue weighted by atomic mass is 16.5. The molecule has 0 saturated carbocycles. The molecule has 0 radical (unpaired) electrons. The predicted molar refractivity (Wildman–Crippen MR) is 131 cm³/mol. The largest absolute Gasteiger partial charge is 0.497 e. The van der Waals surface area contributed by atoms with E-state index < -0.39 is 11.9 Å². The molecule has 1 atom stereocenters. The highest BCUT2D eigenvalue weighted by Crippen LogP contribution is 2.35. The lowest BCUT2D eigenvalue weighted by Crippen LogP contribution is -2.11. The van der Waals surface area contributed by atoms with Crippen LogP contribution in [-0.2, 0) is 37.5 Å². The van der Waals surface area contributed by atoms with Crippen LogP contribution in [0.1, 0.15) is 53.4 Å². The summed E-state index contributed by atoms with van der Waals surface area (Å²) in [6.45, 7) is 7.78. The fourth-order valence-electron chi connectivity index (χ4n) is 4.63. The number of fused-ring (bicyclic) bond motifs is 1. The normalized spacial score (nSPS) is 13.5. The van der Waals surface area contributed by atoms with Crippen LogP contribution < -0.4 is 9.47 Å². The average molecular weight is 475 g/mol. The molecule has 35 heavy (non-hydrogen) atoms. The molecule has 3 aromatic rings. The Morgan fingerprint density at radius 3 is 2.80 bits per heavy atom. The van der Waals surface area contributed by atoms with Crippen molar-refractivity contribution >= 4 is 11.7 Å². The first kappa shape index (κ1) is 24.3. The van der Waals surface area contributed by atoms with Gasteiger partial charge in [0.1, 0.15) is 5.75 Å². The molecule has 1 aliphatic rings. The van der Waals surface area contributed by atoms with Crippen LogP contribution in [0.25, 0.3) is 4.85 Å². The molecular formula is C27H30N4O4. The first-order chi connectivity index (χ1) is 17.0. The van der Waals surface area contributed by atoms with Gasteiger partial charge in [-0.2, -0.15) is 5.10 Å². The molecule has 0 saturated heterocycles. The van der Waals surface area contributed by atoms with Crippen molar-refractivity contribution in [3.8, 4) is 11.6 Å². The van der Waals surface area contributed by atoms with E-state index in [1.807, 2.05) is 13.1 Å². The van der Waals surface area contributed by atoms with Gasteiger partial charge in [0, 0.05) is 36.8 Å². The van der Waals surface area contributed by atoms with E-state index in [4.69, 9.17) is 21.0 Å². The van der Waals surface area contributed by atoms with Gasteiger partial charge in [-0.05, 0) is 61.4 Å². The monoisotopic (exact) mass is 474 g/mol. The molecule has 1 N–H and O–H groups in total. The standard InChI is InChI=1S/C27H30N4O4/c1-28-21-10-11-25(34-3)23(16-21)19(15-27(32)33)14-22-17-26(31(2)30-22)35-13-12-20-9-8-18-6-4-5-7-24(18)29-20/h8-11,16-17,19H,4-7,12-15H2,2-3H3,(H,32,33). The van der Waals surface area contributed by atoms with Gasteiger partial charge < -0.3 is 14.6 Å². The Morgan fingerprint density at radius 2 is 2.03 bits per heavy atom. The number of carboxylic acid groups (broad SMARTS) is 1. The van der Waals surface area contributed by atoms with E-state index in [1.54, 1.807) is 22.9 Å². The number of hydrogen-bond acceptors (Lipinski definition) is 5. The number of carboxylic acids is 1. The predicted octanol–water partition coefficient (Wildman–Crippen LogP) is 4.68. The van der Waals surface area contributed by atoms with Gasteiger partial charge >= 0.3 is 5.97 Å². The molecule has 8 heteroatoms. The zero-order valence-corrected chi connectivity index (χ0v) is 20.2. The molecule has 1 unspecified atom stereocenters. The van der Waals surface area contributed by atoms with Crippen LogP contribution in [0.3, 0.4) is 0 Å². The lowest BCUT2D eigenvalue weighted by molar-refractivity contribution is -0.137. The Kier molecular flexibility index (Phi) is 7.66. The third-order valence-electron chi connectivity index (χ3n) is 6.39. The Morgan fingerprint density at radius 1 is 1.20 bits per heavy atom. The van der Waals surface area contributed by atoms with Crippen LogP contribution in [0, 0.1) is 6.57 Å². The second kappa shape index (κ2) is 11.0. The molecule has 0 amide bonds. The van der Waals surface area contributed by atoms with Crippen molar-refractivity contribution in [2.24, 2.45) is 7.05 Å². The number of rotatable bonds is 10. The quantitative estimate of drug-likeness (QED) is 0.429. The molecule has 0 aliphatic heterocycles. The first-order valence-corrected chi connectivity index (χ1v) is 11.9. The van der Waals surface area contributed by atoms with Crippen LogP contribution in [0.2, 0.25) is 0 Å². The van der Waals surface area contributed by atoms with E-state index in [9.17, 15) is 9.90 Å². The van der Waals surface area contributed by atoms with Crippen LogP contribution in [-0.4, -0.2) is 39.6 Å². The van der Waals surface area contributed by atoms with Crippen molar-refractivity contribution in [1.82, 2.24) is 14.8 Å². The fraction of sp³-hybridized carbons (Fsp3) is 0.407. The third kappa shape index (κ3) is 5.99. The molecule has 0 fully saturated rings. The van der Waals surface area contributed by atoms with Crippen molar-refractivity contribution in [1.29, 1.82) is 0 Å². The van der Waals surface area contributed by atoms with Crippen molar-refractivity contribution in [2.75, 3.05) is 13.7 Å². The number of nitrogens with zero attached hydrogens (tertiary/aromatic N) is 4. The van der Waals surface area contributed by atoms with E-state index >= 15 is 0 Å². The summed E-state index contributed by atoms with van der Waals surface area (Å²) >= 11 is 0. The van der Waals surface area contributed by atoms with Crippen LogP contribution in [0.4, 0.5) is 5.69 Å². The van der Waals surface area contributed by atoms with Gasteiger partial charge in [0.2, 0.25) is 5.88 Å². The van der Waals surface area contributed by atoms with Crippen LogP contribution >= 0.6 is 0 Å². The Balaban J connectivity index is 1.44. The number of ether oxygens (including phenoxy) is 2. The minimum atomic E-state index is -0.921. The summed E-state index contributed by atoms with van der Waals surface area (Å²) < 4.78 is 13.1. The lowest BCUT2D eigenvalue weighted by atomic mass is 9.90. The minimum absolute atomic E-state index is 0.103. The number of aryl methyl sites for hydroxylation is 3. The molecule has 0 spiro atoms. The number of aliphatic carboxylic acids is 1. The van der Waals surface area contributed by atoms with Crippen LogP contribution in [0.15, 0.2) is 36.4 Å². The maximum absolute atomic E-state index is 11.6. The first-order valence-electron chi connectivity index (χ1n) is 11.9. The van der Waals surface area contributed by atoms with Gasteiger partial charge in [-0.1, -0.05) is 12.1 Å². The molecule has 0 bridgehead atoms. The summed E-state index contributed by atoms with van der Waals surface area (Å²) in [7, 11) is 3.35. The van der Waals surface area contributed by atoms with Crippen molar-refractivity contribution < 1.29 is 19.4 Å². The Hall–Kier alpha value is -3.86. The molecular weight excluding hydrogens is 444 g/mol. The van der Waals surface area contributed by atoms with E-state index in [0.717, 1.165) is 24.2 Å². The summed E-state index contributed by atoms with van der Waals surface area (Å²) in [6, 6.07) is 11.2. The number of benzene rings is 1. The molecule has 1 aromatic carbocycles. The van der Waals surface area contributed by atoms with Gasteiger partial charge in [0.25, 0.3) is 0 Å². The van der Waals surface area contributed by atoms with Gasteiger partial charge in [-0.3, -0.25) is 9.78 Å². The van der Waals surface area contributed by atoms with Crippen molar-refractivity contribution in [3.05, 3.63) is 76.0 Å². The summed E-state index contributed by atoms with van der Waals surface area (Å²) in [5, 5.41) is 14.1.